The van der Waals surface area contributed by atoms with E-state index in [1.807, 2.05) is 38.3 Å². The van der Waals surface area contributed by atoms with Crippen LogP contribution >= 0.6 is 11.3 Å². The third kappa shape index (κ3) is 4.08. The first-order chi connectivity index (χ1) is 12.6. The van der Waals surface area contributed by atoms with E-state index in [1.54, 1.807) is 20.1 Å². The van der Waals surface area contributed by atoms with Gasteiger partial charge in [-0.25, -0.2) is 4.79 Å². The fourth-order valence-corrected chi connectivity index (χ4v) is 4.28. The van der Waals surface area contributed by atoms with Crippen LogP contribution in [0.1, 0.15) is 49.9 Å². The fourth-order valence-electron chi connectivity index (χ4n) is 3.46. The van der Waals surface area contributed by atoms with E-state index in [9.17, 15) is 9.59 Å². The molecule has 1 aliphatic rings. The molecule has 1 unspecified atom stereocenters. The van der Waals surface area contributed by atoms with Gasteiger partial charge in [0, 0.05) is 11.5 Å². The van der Waals surface area contributed by atoms with Crippen molar-refractivity contribution >= 4 is 23.1 Å². The molecule has 146 valence electrons. The lowest BCUT2D eigenvalue weighted by molar-refractivity contribution is -0.138. The molecule has 0 amide bonds. The first-order valence-corrected chi connectivity index (χ1v) is 9.94. The molecule has 27 heavy (non-hydrogen) atoms. The highest BCUT2D eigenvalue weighted by Crippen LogP contribution is 2.48. The number of carbonyl (C=O) groups excluding carboxylic acids is 2. The van der Waals surface area contributed by atoms with E-state index in [0.717, 1.165) is 21.6 Å². The lowest BCUT2D eigenvalue weighted by atomic mass is 9.66. The van der Waals surface area contributed by atoms with Gasteiger partial charge in [0.1, 0.15) is 5.76 Å². The molecule has 0 bridgehead atoms. The summed E-state index contributed by atoms with van der Waals surface area (Å²) in [5.41, 5.74) is 2.97. The fraction of sp³-hybridized carbons (Fsp3) is 0.455. The van der Waals surface area contributed by atoms with Gasteiger partial charge in [0.25, 0.3) is 0 Å². The van der Waals surface area contributed by atoms with Crippen LogP contribution in [0.25, 0.3) is 0 Å². The second kappa shape index (κ2) is 8.26. The Kier molecular flexibility index (Phi) is 6.47. The molecule has 4 nitrogen and oxygen atoms in total. The minimum Gasteiger partial charge on any atom is -0.500 e. The summed E-state index contributed by atoms with van der Waals surface area (Å²) in [6.07, 6.45) is 3.51. The maximum atomic E-state index is 12.5. The Labute approximate surface area is 165 Å². The largest absolute Gasteiger partial charge is 0.500 e. The number of thiophene rings is 1. The third-order valence-corrected chi connectivity index (χ3v) is 6.32. The van der Waals surface area contributed by atoms with Crippen molar-refractivity contribution in [1.82, 2.24) is 0 Å². The molecule has 0 aliphatic heterocycles. The highest BCUT2D eigenvalue weighted by molar-refractivity contribution is 7.12. The highest BCUT2D eigenvalue weighted by atomic mass is 32.1. The smallest absolute Gasteiger partial charge is 0.338 e. The monoisotopic (exact) mass is 388 g/mol. The van der Waals surface area contributed by atoms with Crippen molar-refractivity contribution in [2.45, 2.75) is 41.5 Å². The summed E-state index contributed by atoms with van der Waals surface area (Å²) in [6, 6.07) is 1.89. The molecule has 0 fully saturated rings. The molecule has 2 rings (SSSR count). The molecule has 0 N–H and O–H groups in total. The Morgan fingerprint density at radius 1 is 1.26 bits per heavy atom. The van der Waals surface area contributed by atoms with Crippen LogP contribution in [0.3, 0.4) is 0 Å². The van der Waals surface area contributed by atoms with Crippen molar-refractivity contribution < 1.29 is 19.1 Å². The Morgan fingerprint density at radius 2 is 1.93 bits per heavy atom. The maximum Gasteiger partial charge on any atom is 0.338 e. The summed E-state index contributed by atoms with van der Waals surface area (Å²) in [5, 5.41) is 1.97. The van der Waals surface area contributed by atoms with Crippen molar-refractivity contribution in [3.8, 4) is 0 Å². The summed E-state index contributed by atoms with van der Waals surface area (Å²) >= 11 is 1.45. The number of rotatable bonds is 6. The Bertz CT molecular complexity index is 836. The topological polar surface area (TPSA) is 52.6 Å². The Hall–Kier alpha value is -2.14. The lowest BCUT2D eigenvalue weighted by Crippen LogP contribution is -2.34. The molecular formula is C22H28O4S. The summed E-state index contributed by atoms with van der Waals surface area (Å²) in [6.45, 7) is 12.0. The van der Waals surface area contributed by atoms with Crippen LogP contribution in [0.2, 0.25) is 0 Å². The predicted octanol–water partition coefficient (Wildman–Crippen LogP) is 5.25. The van der Waals surface area contributed by atoms with Crippen LogP contribution in [-0.4, -0.2) is 25.5 Å². The molecule has 0 radical (unpaired) electrons. The molecule has 1 aromatic heterocycles. The van der Waals surface area contributed by atoms with Gasteiger partial charge in [0.15, 0.2) is 5.78 Å². The number of hydrogen-bond acceptors (Lipinski definition) is 5. The zero-order valence-corrected chi connectivity index (χ0v) is 18.0. The van der Waals surface area contributed by atoms with Gasteiger partial charge in [-0.2, -0.15) is 0 Å². The van der Waals surface area contributed by atoms with E-state index in [1.165, 1.54) is 11.3 Å². The Morgan fingerprint density at radius 3 is 2.44 bits per heavy atom. The highest BCUT2D eigenvalue weighted by Gasteiger charge is 2.42. The summed E-state index contributed by atoms with van der Waals surface area (Å²) in [7, 11) is 1.60. The number of ketones is 1. The lowest BCUT2D eigenvalue weighted by Gasteiger charge is -2.40. The zero-order chi connectivity index (χ0) is 20.4. The van der Waals surface area contributed by atoms with E-state index in [-0.39, 0.29) is 17.7 Å². The van der Waals surface area contributed by atoms with Gasteiger partial charge in [0.05, 0.1) is 24.2 Å². The van der Waals surface area contributed by atoms with Crippen LogP contribution < -0.4 is 0 Å². The minimum atomic E-state index is -0.394. The van der Waals surface area contributed by atoms with Crippen molar-refractivity contribution in [3.05, 3.63) is 56.5 Å². The molecule has 1 aliphatic carbocycles. The number of methoxy groups -OCH3 is 1. The number of carbonyl (C=O) groups is 2. The van der Waals surface area contributed by atoms with Gasteiger partial charge in [-0.15, -0.1) is 11.3 Å². The minimum absolute atomic E-state index is 0.0187. The van der Waals surface area contributed by atoms with Crippen LogP contribution in [0.5, 0.6) is 0 Å². The van der Waals surface area contributed by atoms with E-state index in [4.69, 9.17) is 9.47 Å². The van der Waals surface area contributed by atoms with E-state index < -0.39 is 5.41 Å². The third-order valence-electron chi connectivity index (χ3n) is 5.26. The number of allylic oxidation sites excluding steroid dienone is 3. The van der Waals surface area contributed by atoms with Crippen molar-refractivity contribution in [1.29, 1.82) is 0 Å². The molecule has 1 atom stereocenters. The van der Waals surface area contributed by atoms with E-state index >= 15 is 0 Å². The van der Waals surface area contributed by atoms with Gasteiger partial charge < -0.3 is 9.47 Å². The maximum absolute atomic E-state index is 12.5. The van der Waals surface area contributed by atoms with Gasteiger partial charge in [-0.05, 0) is 56.2 Å². The molecule has 0 saturated heterocycles. The normalized spacial score (nSPS) is 19.6. The summed E-state index contributed by atoms with van der Waals surface area (Å²) in [5.74, 6) is 0.197. The molecule has 1 heterocycles. The number of aryl methyl sites for hydroxylation is 1. The van der Waals surface area contributed by atoms with Gasteiger partial charge >= 0.3 is 5.97 Å². The van der Waals surface area contributed by atoms with Gasteiger partial charge in [0.2, 0.25) is 0 Å². The number of hydrogen-bond donors (Lipinski definition) is 0. The van der Waals surface area contributed by atoms with Crippen molar-refractivity contribution in [3.63, 3.8) is 0 Å². The molecule has 0 spiro atoms. The molecule has 0 aromatic carbocycles. The first kappa shape index (κ1) is 21.2. The molecule has 5 heteroatoms. The van der Waals surface area contributed by atoms with Crippen LogP contribution in [-0.2, 0) is 14.3 Å². The number of esters is 1. The van der Waals surface area contributed by atoms with E-state index in [2.05, 4.69) is 13.8 Å². The average molecular weight is 389 g/mol. The van der Waals surface area contributed by atoms with Gasteiger partial charge in [-0.3, -0.25) is 4.79 Å². The van der Waals surface area contributed by atoms with Crippen LogP contribution in [0, 0.1) is 18.3 Å². The quantitative estimate of drug-likeness (QED) is 0.379. The Balaban J connectivity index is 2.44. The van der Waals surface area contributed by atoms with Crippen molar-refractivity contribution in [2.24, 2.45) is 11.3 Å². The first-order valence-electron chi connectivity index (χ1n) is 9.06. The second-order valence-electron chi connectivity index (χ2n) is 7.32. The summed E-state index contributed by atoms with van der Waals surface area (Å²) < 4.78 is 10.9. The average Bonchev–Trinajstić information content (AvgIpc) is 3.03. The van der Waals surface area contributed by atoms with E-state index in [0.29, 0.717) is 17.9 Å². The SMILES string of the molecule is CCOC(=O)C1=C(C)C(C)(C)C(C=CC(=O)c2cc(C)cs2)C(OC)=C1C. The standard InChI is InChI=1S/C22H28O4S/c1-8-26-21(24)19-14(3)20(25-7)16(22(5,6)15(19)4)9-10-17(23)18-11-13(2)12-27-18/h9-12,16H,8H2,1-7H3. The van der Waals surface area contributed by atoms with Crippen LogP contribution in [0.4, 0.5) is 0 Å². The molecular weight excluding hydrogens is 360 g/mol. The summed E-state index contributed by atoms with van der Waals surface area (Å²) in [4.78, 5) is 25.7. The van der Waals surface area contributed by atoms with Crippen molar-refractivity contribution in [2.75, 3.05) is 13.7 Å². The zero-order valence-electron chi connectivity index (χ0n) is 17.1. The molecule has 1 aromatic rings. The van der Waals surface area contributed by atoms with Crippen LogP contribution in [0.15, 0.2) is 46.1 Å². The van der Waals surface area contributed by atoms with Gasteiger partial charge in [-0.1, -0.05) is 25.5 Å². The predicted molar refractivity (Wildman–Crippen MR) is 109 cm³/mol. The molecule has 0 saturated carbocycles. The second-order valence-corrected chi connectivity index (χ2v) is 8.24. The number of ether oxygens (including phenoxy) is 2.